The van der Waals surface area contributed by atoms with Crippen molar-refractivity contribution < 1.29 is 17.9 Å². The van der Waals surface area contributed by atoms with E-state index in [2.05, 4.69) is 10.0 Å². The molecule has 7 heteroatoms. The van der Waals surface area contributed by atoms with E-state index in [1.54, 1.807) is 13.1 Å². The lowest BCUT2D eigenvalue weighted by Crippen LogP contribution is -2.31. The summed E-state index contributed by atoms with van der Waals surface area (Å²) >= 11 is 0. The Morgan fingerprint density at radius 3 is 2.80 bits per heavy atom. The predicted octanol–water partition coefficient (Wildman–Crippen LogP) is 0.686. The molecule has 1 aliphatic rings. The van der Waals surface area contributed by atoms with Crippen LogP contribution in [0.25, 0.3) is 0 Å². The third-order valence-electron chi connectivity index (χ3n) is 3.84. The van der Waals surface area contributed by atoms with Gasteiger partial charge in [0.25, 0.3) is 10.0 Å². The van der Waals surface area contributed by atoms with Crippen LogP contribution in [0.4, 0.5) is 0 Å². The summed E-state index contributed by atoms with van der Waals surface area (Å²) in [4.78, 5) is 0. The van der Waals surface area contributed by atoms with E-state index in [-0.39, 0.29) is 23.5 Å². The van der Waals surface area contributed by atoms with Crippen molar-refractivity contribution in [2.24, 2.45) is 11.8 Å². The number of aliphatic hydroxyl groups excluding tert-OH is 1. The van der Waals surface area contributed by atoms with Crippen molar-refractivity contribution in [1.29, 1.82) is 0 Å². The third-order valence-corrected chi connectivity index (χ3v) is 5.14. The van der Waals surface area contributed by atoms with Crippen LogP contribution in [0.15, 0.2) is 21.6 Å². The largest absolute Gasteiger partial charge is 0.447 e. The molecule has 0 radical (unpaired) electrons. The first-order valence-electron chi connectivity index (χ1n) is 6.90. The van der Waals surface area contributed by atoms with Crippen LogP contribution in [-0.4, -0.2) is 33.7 Å². The van der Waals surface area contributed by atoms with Crippen LogP contribution in [0.2, 0.25) is 0 Å². The highest BCUT2D eigenvalue weighted by molar-refractivity contribution is 7.89. The van der Waals surface area contributed by atoms with Gasteiger partial charge in [-0.3, -0.25) is 0 Å². The van der Waals surface area contributed by atoms with E-state index in [0.29, 0.717) is 18.8 Å². The summed E-state index contributed by atoms with van der Waals surface area (Å²) in [5, 5.41) is 12.1. The van der Waals surface area contributed by atoms with E-state index >= 15 is 0 Å². The second-order valence-corrected chi connectivity index (χ2v) is 6.93. The molecule has 2 atom stereocenters. The van der Waals surface area contributed by atoms with Gasteiger partial charge < -0.3 is 14.8 Å². The topological polar surface area (TPSA) is 91.6 Å². The number of nitrogens with one attached hydrogen (secondary N) is 2. The van der Waals surface area contributed by atoms with Gasteiger partial charge in [-0.1, -0.05) is 6.42 Å². The van der Waals surface area contributed by atoms with E-state index < -0.39 is 10.0 Å². The lowest BCUT2D eigenvalue weighted by molar-refractivity contribution is 0.195. The fourth-order valence-electron chi connectivity index (χ4n) is 2.68. The molecule has 0 bridgehead atoms. The van der Waals surface area contributed by atoms with Gasteiger partial charge in [-0.2, -0.15) is 0 Å². The van der Waals surface area contributed by atoms with Gasteiger partial charge in [0.2, 0.25) is 5.09 Å². The van der Waals surface area contributed by atoms with E-state index in [9.17, 15) is 13.5 Å². The molecule has 0 amide bonds. The average molecular weight is 302 g/mol. The zero-order valence-corrected chi connectivity index (χ0v) is 12.4. The zero-order chi connectivity index (χ0) is 14.6. The molecule has 1 saturated carbocycles. The van der Waals surface area contributed by atoms with Crippen molar-refractivity contribution in [3.63, 3.8) is 0 Å². The second kappa shape index (κ2) is 6.71. The molecule has 2 rings (SSSR count). The highest BCUT2D eigenvalue weighted by atomic mass is 32.2. The first-order chi connectivity index (χ1) is 9.56. The molecule has 20 heavy (non-hydrogen) atoms. The molecular formula is C13H22N2O4S. The molecule has 2 unspecified atom stereocenters. The molecular weight excluding hydrogens is 280 g/mol. The number of furan rings is 1. The highest BCUT2D eigenvalue weighted by Gasteiger charge is 2.28. The number of hydrogen-bond acceptors (Lipinski definition) is 5. The van der Waals surface area contributed by atoms with E-state index in [1.807, 2.05) is 0 Å². The SMILES string of the molecule is CNCc1ccc(S(=O)(=O)NCC2CCCC2CO)o1. The summed E-state index contributed by atoms with van der Waals surface area (Å²) in [5.41, 5.74) is 0. The number of hydrogen-bond donors (Lipinski definition) is 3. The molecule has 0 aromatic carbocycles. The van der Waals surface area contributed by atoms with E-state index in [4.69, 9.17) is 4.42 Å². The number of aliphatic hydroxyl groups is 1. The minimum absolute atomic E-state index is 0.0544. The van der Waals surface area contributed by atoms with Gasteiger partial charge in [0.1, 0.15) is 5.76 Å². The summed E-state index contributed by atoms with van der Waals surface area (Å²) in [5.74, 6) is 0.998. The smallest absolute Gasteiger partial charge is 0.273 e. The summed E-state index contributed by atoms with van der Waals surface area (Å²) in [6.07, 6.45) is 2.97. The summed E-state index contributed by atoms with van der Waals surface area (Å²) in [6.45, 7) is 0.972. The standard InChI is InChI=1S/C13H22N2O4S/c1-14-8-12-5-6-13(19-12)20(17,18)15-7-10-3-2-4-11(10)9-16/h5-6,10-11,14-16H,2-4,7-9H2,1H3. The molecule has 1 fully saturated rings. The van der Waals surface area contributed by atoms with Crippen molar-refractivity contribution in [3.8, 4) is 0 Å². The molecule has 1 aromatic heterocycles. The molecule has 0 saturated heterocycles. The van der Waals surface area contributed by atoms with Crippen molar-refractivity contribution >= 4 is 10.0 Å². The summed E-state index contributed by atoms with van der Waals surface area (Å²) in [7, 11) is -1.84. The molecule has 3 N–H and O–H groups in total. The fourth-order valence-corrected chi connectivity index (χ4v) is 3.72. The lowest BCUT2D eigenvalue weighted by atomic mass is 9.97. The first kappa shape index (κ1) is 15.5. The first-order valence-corrected chi connectivity index (χ1v) is 8.39. The van der Waals surface area contributed by atoms with Crippen LogP contribution >= 0.6 is 0 Å². The van der Waals surface area contributed by atoms with Crippen molar-refractivity contribution in [2.45, 2.75) is 30.9 Å². The predicted molar refractivity (Wildman–Crippen MR) is 74.6 cm³/mol. The molecule has 0 spiro atoms. The molecule has 114 valence electrons. The minimum atomic E-state index is -3.60. The van der Waals surface area contributed by atoms with Crippen LogP contribution in [-0.2, 0) is 16.6 Å². The van der Waals surface area contributed by atoms with E-state index in [0.717, 1.165) is 19.3 Å². The third kappa shape index (κ3) is 3.60. The maximum absolute atomic E-state index is 12.1. The zero-order valence-electron chi connectivity index (χ0n) is 11.6. The van der Waals surface area contributed by atoms with Crippen molar-refractivity contribution in [3.05, 3.63) is 17.9 Å². The average Bonchev–Trinajstić information content (AvgIpc) is 3.05. The van der Waals surface area contributed by atoms with Gasteiger partial charge in [0, 0.05) is 13.2 Å². The van der Waals surface area contributed by atoms with Crippen LogP contribution in [0.1, 0.15) is 25.0 Å². The van der Waals surface area contributed by atoms with Crippen LogP contribution in [0.3, 0.4) is 0 Å². The monoisotopic (exact) mass is 302 g/mol. The Bertz CT molecular complexity index is 526. The van der Waals surface area contributed by atoms with Crippen LogP contribution in [0, 0.1) is 11.8 Å². The Hall–Kier alpha value is -0.890. The fraction of sp³-hybridized carbons (Fsp3) is 0.692. The molecule has 1 aliphatic carbocycles. The second-order valence-electron chi connectivity index (χ2n) is 5.24. The Balaban J connectivity index is 1.96. The Kier molecular flexibility index (Phi) is 5.20. The number of sulfonamides is 1. The van der Waals surface area contributed by atoms with Crippen LogP contribution in [0.5, 0.6) is 0 Å². The Morgan fingerprint density at radius 1 is 1.35 bits per heavy atom. The van der Waals surface area contributed by atoms with Gasteiger partial charge in [0.05, 0.1) is 6.54 Å². The maximum atomic E-state index is 12.1. The molecule has 6 nitrogen and oxygen atoms in total. The van der Waals surface area contributed by atoms with Gasteiger partial charge >= 0.3 is 0 Å². The summed E-state index contributed by atoms with van der Waals surface area (Å²) < 4.78 is 32.1. The molecule has 0 aliphatic heterocycles. The quantitative estimate of drug-likeness (QED) is 0.689. The Labute approximate surface area is 119 Å². The summed E-state index contributed by atoms with van der Waals surface area (Å²) in [6, 6.07) is 3.12. The van der Waals surface area contributed by atoms with Crippen molar-refractivity contribution in [2.75, 3.05) is 20.2 Å². The highest BCUT2D eigenvalue weighted by Crippen LogP contribution is 2.31. The molecule has 1 heterocycles. The minimum Gasteiger partial charge on any atom is -0.447 e. The van der Waals surface area contributed by atoms with Crippen molar-refractivity contribution in [1.82, 2.24) is 10.0 Å². The Morgan fingerprint density at radius 2 is 2.10 bits per heavy atom. The van der Waals surface area contributed by atoms with Gasteiger partial charge in [0.15, 0.2) is 0 Å². The van der Waals surface area contributed by atoms with E-state index in [1.165, 1.54) is 6.07 Å². The maximum Gasteiger partial charge on any atom is 0.273 e. The van der Waals surface area contributed by atoms with Gasteiger partial charge in [-0.05, 0) is 43.9 Å². The molecule has 1 aromatic rings. The van der Waals surface area contributed by atoms with Crippen LogP contribution < -0.4 is 10.0 Å². The van der Waals surface area contributed by atoms with Gasteiger partial charge in [-0.15, -0.1) is 0 Å². The van der Waals surface area contributed by atoms with Gasteiger partial charge in [-0.25, -0.2) is 13.1 Å². The normalized spacial score (nSPS) is 23.3. The lowest BCUT2D eigenvalue weighted by Gasteiger charge is -2.17. The number of rotatable bonds is 7.